The Hall–Kier alpha value is -1.95. The monoisotopic (exact) mass is 441 g/mol. The Bertz CT molecular complexity index is 908. The van der Waals surface area contributed by atoms with Crippen molar-refractivity contribution in [3.63, 3.8) is 0 Å². The van der Waals surface area contributed by atoms with Gasteiger partial charge >= 0.3 is 0 Å². The van der Waals surface area contributed by atoms with Crippen molar-refractivity contribution in [1.29, 1.82) is 0 Å². The molecular weight excluding hydrogens is 410 g/mol. The first-order valence-electron chi connectivity index (χ1n) is 11.2. The lowest BCUT2D eigenvalue weighted by molar-refractivity contribution is -0.179. The lowest BCUT2D eigenvalue weighted by atomic mass is 9.61. The average molecular weight is 442 g/mol. The number of rotatable bonds is 5. The number of nitrogens with zero attached hydrogens (tertiary/aromatic N) is 2. The minimum absolute atomic E-state index is 0. The van der Waals surface area contributed by atoms with Crippen LogP contribution in [0.15, 0.2) is 48.7 Å². The molecule has 31 heavy (non-hydrogen) atoms. The average Bonchev–Trinajstić information content (AvgIpc) is 2.73. The topological polar surface area (TPSA) is 68.5 Å². The van der Waals surface area contributed by atoms with E-state index in [-0.39, 0.29) is 18.0 Å². The van der Waals surface area contributed by atoms with Gasteiger partial charge in [-0.25, -0.2) is 0 Å². The quantitative estimate of drug-likeness (QED) is 0.757. The molecule has 5 nitrogen and oxygen atoms in total. The highest BCUT2D eigenvalue weighted by atomic mass is 35.5. The molecular formula is C25H32ClN3O2. The van der Waals surface area contributed by atoms with Gasteiger partial charge in [0, 0.05) is 44.3 Å². The van der Waals surface area contributed by atoms with E-state index >= 15 is 0 Å². The van der Waals surface area contributed by atoms with Crippen LogP contribution in [0.4, 0.5) is 0 Å². The number of primary amides is 1. The second-order valence-electron chi connectivity index (χ2n) is 9.23. The van der Waals surface area contributed by atoms with Gasteiger partial charge in [0.05, 0.1) is 0 Å². The Morgan fingerprint density at radius 1 is 1.10 bits per heavy atom. The highest BCUT2D eigenvalue weighted by Gasteiger charge is 2.55. The number of benzene rings is 1. The molecule has 2 N–H and O–H groups in total. The number of piperidine rings is 1. The van der Waals surface area contributed by atoms with Crippen molar-refractivity contribution < 1.29 is 9.53 Å². The summed E-state index contributed by atoms with van der Waals surface area (Å²) in [6, 6.07) is 15.5. The zero-order valence-corrected chi connectivity index (χ0v) is 18.9. The van der Waals surface area contributed by atoms with E-state index in [0.29, 0.717) is 29.5 Å². The lowest BCUT2D eigenvalue weighted by Crippen LogP contribution is -2.62. The molecule has 3 aliphatic rings. The van der Waals surface area contributed by atoms with Crippen LogP contribution in [0.1, 0.15) is 59.6 Å². The summed E-state index contributed by atoms with van der Waals surface area (Å²) in [4.78, 5) is 18.6. The first kappa shape index (κ1) is 22.3. The number of ether oxygens (including phenoxy) is 1. The summed E-state index contributed by atoms with van der Waals surface area (Å²) in [5.41, 5.74) is 8.03. The molecule has 3 fully saturated rings. The van der Waals surface area contributed by atoms with E-state index in [1.165, 1.54) is 24.8 Å². The van der Waals surface area contributed by atoms with Gasteiger partial charge in [-0.05, 0) is 54.9 Å². The number of fused-ring (bicyclic) bond motifs is 2. The molecule has 2 unspecified atom stereocenters. The number of amides is 1. The molecule has 166 valence electrons. The highest BCUT2D eigenvalue weighted by Crippen LogP contribution is 2.53. The number of carbonyl (C=O) groups is 1. The molecule has 5 rings (SSSR count). The Morgan fingerprint density at radius 3 is 2.39 bits per heavy atom. The maximum atomic E-state index is 11.7. The van der Waals surface area contributed by atoms with E-state index in [9.17, 15) is 4.79 Å². The molecule has 1 aromatic carbocycles. The Balaban J connectivity index is 0.00000231. The predicted molar refractivity (Wildman–Crippen MR) is 123 cm³/mol. The van der Waals surface area contributed by atoms with E-state index in [4.69, 9.17) is 10.5 Å². The number of likely N-dealkylation sites (tertiary alicyclic amines) is 1. The number of methoxy groups -OCH3 is 1. The molecule has 6 heteroatoms. The molecule has 2 aliphatic carbocycles. The molecule has 2 saturated carbocycles. The molecule has 4 atom stereocenters. The van der Waals surface area contributed by atoms with Crippen molar-refractivity contribution in [3.8, 4) is 0 Å². The zero-order valence-electron chi connectivity index (χ0n) is 18.1. The van der Waals surface area contributed by atoms with E-state index in [1.54, 1.807) is 6.20 Å². The maximum absolute atomic E-state index is 11.7. The molecule has 0 radical (unpaired) electrons. The van der Waals surface area contributed by atoms with Crippen molar-refractivity contribution in [3.05, 3.63) is 65.5 Å². The van der Waals surface area contributed by atoms with Crippen LogP contribution in [0, 0.1) is 11.8 Å². The highest BCUT2D eigenvalue weighted by molar-refractivity contribution is 5.90. The van der Waals surface area contributed by atoms with Crippen LogP contribution in [-0.2, 0) is 10.3 Å². The third-order valence-corrected chi connectivity index (χ3v) is 7.96. The van der Waals surface area contributed by atoms with Crippen LogP contribution in [0.25, 0.3) is 0 Å². The molecule has 2 heterocycles. The number of aromatic nitrogens is 1. The first-order valence-corrected chi connectivity index (χ1v) is 11.2. The van der Waals surface area contributed by atoms with Crippen LogP contribution in [0.3, 0.4) is 0 Å². The zero-order chi connectivity index (χ0) is 20.7. The Labute approximate surface area is 190 Å². The summed E-state index contributed by atoms with van der Waals surface area (Å²) in [7, 11) is 1.83. The second-order valence-corrected chi connectivity index (χ2v) is 9.23. The molecule has 1 aliphatic heterocycles. The smallest absolute Gasteiger partial charge is 0.267 e. The van der Waals surface area contributed by atoms with Crippen molar-refractivity contribution >= 4 is 18.3 Å². The minimum atomic E-state index is -0.481. The van der Waals surface area contributed by atoms with Gasteiger partial charge in [-0.3, -0.25) is 14.7 Å². The molecule has 2 bridgehead atoms. The van der Waals surface area contributed by atoms with Gasteiger partial charge in [0.15, 0.2) is 0 Å². The maximum Gasteiger partial charge on any atom is 0.267 e. The van der Waals surface area contributed by atoms with E-state index < -0.39 is 5.91 Å². The summed E-state index contributed by atoms with van der Waals surface area (Å²) in [6.45, 7) is 2.10. The van der Waals surface area contributed by atoms with E-state index in [1.807, 2.05) is 19.2 Å². The second kappa shape index (κ2) is 8.89. The number of hydrogen-bond donors (Lipinski definition) is 1. The summed E-state index contributed by atoms with van der Waals surface area (Å²) in [6.07, 6.45) is 7.81. The predicted octanol–water partition coefficient (Wildman–Crippen LogP) is 4.12. The molecule has 1 saturated heterocycles. The number of nitrogens with two attached hydrogens (primary N) is 1. The summed E-state index contributed by atoms with van der Waals surface area (Å²) < 4.78 is 6.35. The van der Waals surface area contributed by atoms with Crippen LogP contribution >= 0.6 is 12.4 Å². The van der Waals surface area contributed by atoms with Gasteiger partial charge < -0.3 is 10.5 Å². The number of hydrogen-bond acceptors (Lipinski definition) is 4. The molecule has 2 aromatic rings. The van der Waals surface area contributed by atoms with Gasteiger partial charge in [-0.15, -0.1) is 12.4 Å². The van der Waals surface area contributed by atoms with Crippen molar-refractivity contribution in [2.45, 2.75) is 49.7 Å². The standard InChI is InChI=1S/C25H31N3O2.ClH/c1-30-25(18-12-13-27-22(14-18)24(26)29)19-8-5-9-20(25)16-28(15-19)23-11-10-21(23)17-6-3-2-4-7-17;/h2-4,6-7,12-14,19-21,23H,5,8-11,15-16H2,1H3,(H2,26,29);1H/t19?,20?,21-,23+,25?;/m1./s1. The van der Waals surface area contributed by atoms with Crippen molar-refractivity contribution in [1.82, 2.24) is 9.88 Å². The van der Waals surface area contributed by atoms with Gasteiger partial charge in [0.1, 0.15) is 11.3 Å². The van der Waals surface area contributed by atoms with Crippen LogP contribution in [0.2, 0.25) is 0 Å². The van der Waals surface area contributed by atoms with E-state index in [0.717, 1.165) is 31.5 Å². The van der Waals surface area contributed by atoms with Gasteiger partial charge in [0.25, 0.3) is 5.91 Å². The minimum Gasteiger partial charge on any atom is -0.373 e. The van der Waals surface area contributed by atoms with Crippen molar-refractivity contribution in [2.75, 3.05) is 20.2 Å². The lowest BCUT2D eigenvalue weighted by Gasteiger charge is -2.58. The molecule has 1 amide bonds. The summed E-state index contributed by atoms with van der Waals surface area (Å²) >= 11 is 0. The number of pyridine rings is 1. The Kier molecular flexibility index (Phi) is 6.38. The fourth-order valence-electron chi connectivity index (χ4n) is 6.48. The van der Waals surface area contributed by atoms with Crippen LogP contribution in [0.5, 0.6) is 0 Å². The van der Waals surface area contributed by atoms with Gasteiger partial charge in [-0.2, -0.15) is 0 Å². The van der Waals surface area contributed by atoms with Crippen LogP contribution < -0.4 is 5.73 Å². The van der Waals surface area contributed by atoms with Crippen molar-refractivity contribution in [2.24, 2.45) is 17.6 Å². The fourth-order valence-corrected chi connectivity index (χ4v) is 6.48. The van der Waals surface area contributed by atoms with E-state index in [2.05, 4.69) is 40.2 Å². The Morgan fingerprint density at radius 2 is 1.81 bits per heavy atom. The first-order chi connectivity index (χ1) is 14.6. The molecule has 0 spiro atoms. The van der Waals surface area contributed by atoms with Gasteiger partial charge in [0.2, 0.25) is 0 Å². The largest absolute Gasteiger partial charge is 0.373 e. The number of carbonyl (C=O) groups excluding carboxylic acids is 1. The fraction of sp³-hybridized carbons (Fsp3) is 0.520. The van der Waals surface area contributed by atoms with Gasteiger partial charge in [-0.1, -0.05) is 36.8 Å². The molecule has 1 aromatic heterocycles. The normalized spacial score (nSPS) is 32.5. The third kappa shape index (κ3) is 3.67. The summed E-state index contributed by atoms with van der Waals surface area (Å²) in [5.74, 6) is 0.987. The third-order valence-electron chi connectivity index (χ3n) is 7.96. The van der Waals surface area contributed by atoms with Crippen LogP contribution in [-0.4, -0.2) is 42.0 Å². The summed E-state index contributed by atoms with van der Waals surface area (Å²) in [5, 5.41) is 0. The SMILES string of the molecule is COC1(c2ccnc(C(N)=O)c2)C2CCCC1CN([C@H]1CC[C@@H]1c1ccccc1)C2.Cl. The number of halogens is 1.